The van der Waals surface area contributed by atoms with Crippen molar-refractivity contribution in [2.75, 3.05) is 0 Å². The van der Waals surface area contributed by atoms with Crippen LogP contribution in [0, 0.1) is 0 Å². The summed E-state index contributed by atoms with van der Waals surface area (Å²) in [5.41, 5.74) is 0. The summed E-state index contributed by atoms with van der Waals surface area (Å²) < 4.78 is 33.7. The largest absolute Gasteiger partial charge is 0.454 e. The van der Waals surface area contributed by atoms with Crippen molar-refractivity contribution < 1.29 is 18.0 Å². The quantitative estimate of drug-likeness (QED) is 0.504. The molecule has 0 aliphatic heterocycles. The van der Waals surface area contributed by atoms with Crippen molar-refractivity contribution in [1.29, 1.82) is 0 Å². The summed E-state index contributed by atoms with van der Waals surface area (Å²) in [4.78, 5) is 9.85. The van der Waals surface area contributed by atoms with Gasteiger partial charge in [-0.15, -0.1) is 0 Å². The normalized spacial score (nSPS) is 12.4. The Balaban J connectivity index is 4.06. The number of alkyl halides is 3. The molecule has 1 nitrogen and oxygen atoms in total. The molecule has 52 valence electrons. The van der Waals surface area contributed by atoms with E-state index in [2.05, 4.69) is 0 Å². The lowest BCUT2D eigenvalue weighted by atomic mass is 10.3. The van der Waals surface area contributed by atoms with Crippen LogP contribution < -0.4 is 0 Å². The van der Waals surface area contributed by atoms with Crippen molar-refractivity contribution in [3.63, 3.8) is 0 Å². The molecule has 0 heterocycles. The highest BCUT2D eigenvalue weighted by molar-refractivity contribution is 5.94. The molecule has 0 radical (unpaired) electrons. The first-order valence-electron chi connectivity index (χ1n) is 2.22. The third kappa shape index (κ3) is 2.90. The molecule has 0 aliphatic carbocycles. The van der Waals surface area contributed by atoms with Crippen molar-refractivity contribution in [3.05, 3.63) is 12.2 Å². The van der Waals surface area contributed by atoms with Gasteiger partial charge in [0, 0.05) is 0 Å². The van der Waals surface area contributed by atoms with Crippen LogP contribution in [-0.4, -0.2) is 12.0 Å². The number of hydrogen-bond donors (Lipinski definition) is 0. The first kappa shape index (κ1) is 8.20. The molecule has 0 amide bonds. The minimum atomic E-state index is -4.72. The van der Waals surface area contributed by atoms with Crippen molar-refractivity contribution in [3.8, 4) is 0 Å². The van der Waals surface area contributed by atoms with Crippen LogP contribution in [0.3, 0.4) is 0 Å². The molecule has 0 saturated carbocycles. The van der Waals surface area contributed by atoms with E-state index in [1.165, 1.54) is 6.92 Å². The van der Waals surface area contributed by atoms with Gasteiger partial charge in [0.15, 0.2) is 0 Å². The number of hydrogen-bond acceptors (Lipinski definition) is 1. The van der Waals surface area contributed by atoms with Crippen LogP contribution in [0.2, 0.25) is 0 Å². The van der Waals surface area contributed by atoms with E-state index in [4.69, 9.17) is 0 Å². The lowest BCUT2D eigenvalue weighted by molar-refractivity contribution is -0.165. The molecule has 4 heteroatoms. The van der Waals surface area contributed by atoms with Crippen LogP contribution in [0.25, 0.3) is 0 Å². The van der Waals surface area contributed by atoms with Crippen LogP contribution in [0.1, 0.15) is 6.92 Å². The van der Waals surface area contributed by atoms with E-state index >= 15 is 0 Å². The Kier molecular flexibility index (Phi) is 2.42. The summed E-state index contributed by atoms with van der Waals surface area (Å²) in [6.45, 7) is 1.35. The lowest BCUT2D eigenvalue weighted by Gasteiger charge is -1.97. The highest BCUT2D eigenvalue weighted by atomic mass is 19.4. The lowest BCUT2D eigenvalue weighted by Crippen LogP contribution is -2.19. The number of carbonyl (C=O) groups is 1. The zero-order valence-corrected chi connectivity index (χ0v) is 4.70. The highest BCUT2D eigenvalue weighted by Gasteiger charge is 2.35. The molecule has 0 aromatic carbocycles. The van der Waals surface area contributed by atoms with E-state index in [0.29, 0.717) is 6.08 Å². The van der Waals surface area contributed by atoms with Crippen LogP contribution in [-0.2, 0) is 4.79 Å². The molecular weight excluding hydrogens is 133 g/mol. The fourth-order valence-electron chi connectivity index (χ4n) is 0.246. The van der Waals surface area contributed by atoms with Gasteiger partial charge in [0.05, 0.1) is 0 Å². The van der Waals surface area contributed by atoms with Crippen molar-refractivity contribution >= 4 is 5.78 Å². The third-order valence-corrected chi connectivity index (χ3v) is 0.597. The van der Waals surface area contributed by atoms with E-state index in [9.17, 15) is 18.0 Å². The molecule has 0 spiro atoms. The fraction of sp³-hybridized carbons (Fsp3) is 0.400. The molecule has 0 fully saturated rings. The van der Waals surface area contributed by atoms with Crippen molar-refractivity contribution in [2.24, 2.45) is 0 Å². The molecule has 0 N–H and O–H groups in total. The van der Waals surface area contributed by atoms with Gasteiger partial charge in [-0.25, -0.2) is 0 Å². The van der Waals surface area contributed by atoms with Gasteiger partial charge in [0.2, 0.25) is 0 Å². The maximum atomic E-state index is 11.2. The average Bonchev–Trinajstić information content (AvgIpc) is 1.64. The van der Waals surface area contributed by atoms with E-state index in [1.54, 1.807) is 0 Å². The molecule has 0 aliphatic rings. The Morgan fingerprint density at radius 1 is 1.44 bits per heavy atom. The SMILES string of the molecule is CC=CC(=O)C(F)(F)F. The van der Waals surface area contributed by atoms with Gasteiger partial charge in [-0.1, -0.05) is 6.08 Å². The second kappa shape index (κ2) is 2.66. The first-order valence-corrected chi connectivity index (χ1v) is 2.22. The molecule has 0 rings (SSSR count). The third-order valence-electron chi connectivity index (χ3n) is 0.597. The predicted molar refractivity (Wildman–Crippen MR) is 25.9 cm³/mol. The van der Waals surface area contributed by atoms with E-state index in [0.717, 1.165) is 6.08 Å². The van der Waals surface area contributed by atoms with Crippen molar-refractivity contribution in [1.82, 2.24) is 0 Å². The second-order valence-corrected chi connectivity index (χ2v) is 1.36. The van der Waals surface area contributed by atoms with E-state index in [1.807, 2.05) is 0 Å². The van der Waals surface area contributed by atoms with Crippen LogP contribution in [0.4, 0.5) is 13.2 Å². The summed E-state index contributed by atoms with van der Waals surface area (Å²) in [6, 6.07) is 0. The molecule has 0 atom stereocenters. The molecule has 0 aromatic rings. The molecule has 0 aromatic heterocycles. The van der Waals surface area contributed by atoms with Gasteiger partial charge in [0.1, 0.15) is 0 Å². The Labute approximate surface area is 50.2 Å². The van der Waals surface area contributed by atoms with Gasteiger partial charge in [0.25, 0.3) is 5.78 Å². The van der Waals surface area contributed by atoms with Gasteiger partial charge in [-0.3, -0.25) is 4.79 Å². The minimum Gasteiger partial charge on any atom is -0.285 e. The molecule has 9 heavy (non-hydrogen) atoms. The molecule has 0 saturated heterocycles. The van der Waals surface area contributed by atoms with Gasteiger partial charge < -0.3 is 0 Å². The predicted octanol–water partition coefficient (Wildman–Crippen LogP) is 1.69. The summed E-state index contributed by atoms with van der Waals surface area (Å²) in [5, 5.41) is 0. The first-order chi connectivity index (χ1) is 3.98. The topological polar surface area (TPSA) is 17.1 Å². The zero-order chi connectivity index (χ0) is 7.49. The molecular formula is C5H5F3O. The number of carbonyl (C=O) groups excluding carboxylic acids is 1. The summed E-state index contributed by atoms with van der Waals surface area (Å²) in [6.07, 6.45) is -3.18. The minimum absolute atomic E-state index is 0.486. The Bertz CT molecular complexity index is 134. The summed E-state index contributed by atoms with van der Waals surface area (Å²) in [5.74, 6) is -1.81. The summed E-state index contributed by atoms with van der Waals surface area (Å²) in [7, 11) is 0. The van der Waals surface area contributed by atoms with Gasteiger partial charge in [-0.2, -0.15) is 13.2 Å². The number of allylic oxidation sites excluding steroid dienone is 2. The van der Waals surface area contributed by atoms with Crippen molar-refractivity contribution in [2.45, 2.75) is 13.1 Å². The Hall–Kier alpha value is -0.800. The smallest absolute Gasteiger partial charge is 0.285 e. The highest BCUT2D eigenvalue weighted by Crippen LogP contribution is 2.15. The average molecular weight is 138 g/mol. The maximum Gasteiger partial charge on any atom is 0.454 e. The zero-order valence-electron chi connectivity index (χ0n) is 4.70. The standard InChI is InChI=1S/C5H5F3O/c1-2-3-4(9)5(6,7)8/h2-3H,1H3. The Morgan fingerprint density at radius 2 is 1.89 bits per heavy atom. The Morgan fingerprint density at radius 3 is 2.00 bits per heavy atom. The summed E-state index contributed by atoms with van der Waals surface area (Å²) >= 11 is 0. The van der Waals surface area contributed by atoms with Crippen LogP contribution in [0.5, 0.6) is 0 Å². The second-order valence-electron chi connectivity index (χ2n) is 1.36. The number of halogens is 3. The fourth-order valence-corrected chi connectivity index (χ4v) is 0.246. The number of ketones is 1. The number of rotatable bonds is 1. The van der Waals surface area contributed by atoms with E-state index < -0.39 is 12.0 Å². The van der Waals surface area contributed by atoms with Gasteiger partial charge >= 0.3 is 6.18 Å². The molecule has 0 bridgehead atoms. The van der Waals surface area contributed by atoms with E-state index in [-0.39, 0.29) is 0 Å². The van der Waals surface area contributed by atoms with Crippen LogP contribution >= 0.6 is 0 Å². The monoisotopic (exact) mass is 138 g/mol. The van der Waals surface area contributed by atoms with Crippen LogP contribution in [0.15, 0.2) is 12.2 Å². The maximum absolute atomic E-state index is 11.2. The van der Waals surface area contributed by atoms with Gasteiger partial charge in [-0.05, 0) is 13.0 Å². The molecule has 0 unspecified atom stereocenters.